The minimum absolute atomic E-state index is 0.0500. The van der Waals surface area contributed by atoms with E-state index in [0.29, 0.717) is 11.1 Å². The van der Waals surface area contributed by atoms with E-state index in [0.717, 1.165) is 17.3 Å². The second-order valence-corrected chi connectivity index (χ2v) is 8.86. The van der Waals surface area contributed by atoms with Crippen LogP contribution in [-0.2, 0) is 19.6 Å². The van der Waals surface area contributed by atoms with Gasteiger partial charge in [0.2, 0.25) is 0 Å². The van der Waals surface area contributed by atoms with Crippen molar-refractivity contribution in [3.63, 3.8) is 0 Å². The number of rotatable bonds is 6. The third kappa shape index (κ3) is 4.83. The molecule has 0 spiro atoms. The summed E-state index contributed by atoms with van der Waals surface area (Å²) in [6.07, 6.45) is 1.42. The Morgan fingerprint density at radius 2 is 1.72 bits per heavy atom. The quantitative estimate of drug-likeness (QED) is 0.653. The van der Waals surface area contributed by atoms with Crippen LogP contribution in [0, 0.1) is 6.92 Å². The Morgan fingerprint density at radius 1 is 1.07 bits per heavy atom. The summed E-state index contributed by atoms with van der Waals surface area (Å²) in [5.74, 6) is -0.775. The lowest BCUT2D eigenvalue weighted by atomic mass is 9.94. The van der Waals surface area contributed by atoms with Gasteiger partial charge >= 0.3 is 5.97 Å². The first-order chi connectivity index (χ1) is 13.8. The van der Waals surface area contributed by atoms with Gasteiger partial charge in [0.1, 0.15) is 0 Å². The molecule has 0 radical (unpaired) electrons. The van der Waals surface area contributed by atoms with Gasteiger partial charge in [-0.05, 0) is 32.1 Å². The average Bonchev–Trinajstić information content (AvgIpc) is 2.69. The molecule has 150 valence electrons. The third-order valence-corrected chi connectivity index (χ3v) is 6.43. The molecule has 0 N–H and O–H groups in total. The lowest BCUT2D eigenvalue weighted by molar-refractivity contribution is -0.139. The van der Waals surface area contributed by atoms with E-state index in [1.165, 1.54) is 18.2 Å². The van der Waals surface area contributed by atoms with Gasteiger partial charge in [0.05, 0.1) is 27.9 Å². The molecule has 0 unspecified atom stereocenters. The van der Waals surface area contributed by atoms with Gasteiger partial charge < -0.3 is 4.74 Å². The van der Waals surface area contributed by atoms with Gasteiger partial charge in [-0.15, -0.1) is 11.8 Å². The van der Waals surface area contributed by atoms with Crippen LogP contribution >= 0.6 is 11.8 Å². The standard InChI is InChI=1S/C21H19NO5S2/c1-3-27-20(23)13-28-19-12-18(16-6-4-5-7-17(16)21(19)24)22-29(25,26)15-10-8-14(2)9-11-15/h4-12H,3,13H2,1-2H3. The zero-order valence-electron chi connectivity index (χ0n) is 15.9. The van der Waals surface area contributed by atoms with Crippen LogP contribution in [0.3, 0.4) is 0 Å². The summed E-state index contributed by atoms with van der Waals surface area (Å²) in [7, 11) is -3.97. The highest BCUT2D eigenvalue weighted by Crippen LogP contribution is 2.29. The van der Waals surface area contributed by atoms with Crippen molar-refractivity contribution >= 4 is 39.2 Å². The van der Waals surface area contributed by atoms with Gasteiger partial charge in [-0.25, -0.2) is 0 Å². The monoisotopic (exact) mass is 429 g/mol. The molecule has 29 heavy (non-hydrogen) atoms. The molecular formula is C21H19NO5S2. The Bertz CT molecular complexity index is 1120. The second-order valence-electron chi connectivity index (χ2n) is 6.24. The first-order valence-electron chi connectivity index (χ1n) is 8.87. The van der Waals surface area contributed by atoms with Crippen molar-refractivity contribution in [3.8, 4) is 0 Å². The maximum Gasteiger partial charge on any atom is 0.316 e. The fourth-order valence-corrected chi connectivity index (χ4v) is 4.51. The van der Waals surface area contributed by atoms with E-state index in [1.807, 2.05) is 6.92 Å². The maximum atomic E-state index is 12.8. The number of ether oxygens (including phenoxy) is 1. The number of hydrogen-bond donors (Lipinski definition) is 0. The first-order valence-corrected chi connectivity index (χ1v) is 11.3. The summed E-state index contributed by atoms with van der Waals surface area (Å²) in [5, 5.41) is 0. The van der Waals surface area contributed by atoms with Crippen molar-refractivity contribution < 1.29 is 22.7 Å². The van der Waals surface area contributed by atoms with Crippen molar-refractivity contribution in [3.05, 3.63) is 76.2 Å². The molecule has 2 aromatic rings. The number of carbonyl (C=O) groups excluding carboxylic acids is 2. The van der Waals surface area contributed by atoms with Gasteiger partial charge in [0.25, 0.3) is 10.0 Å². The normalized spacial score (nSPS) is 15.0. The molecule has 2 aromatic carbocycles. The zero-order valence-corrected chi connectivity index (χ0v) is 17.5. The summed E-state index contributed by atoms with van der Waals surface area (Å²) in [4.78, 5) is 24.7. The third-order valence-electron chi connectivity index (χ3n) is 4.13. The van der Waals surface area contributed by atoms with Gasteiger partial charge in [-0.3, -0.25) is 9.59 Å². The molecule has 1 aliphatic carbocycles. The number of nitrogens with zero attached hydrogens (tertiary/aromatic N) is 1. The van der Waals surface area contributed by atoms with Gasteiger partial charge in [-0.1, -0.05) is 42.0 Å². The number of allylic oxidation sites excluding steroid dienone is 2. The molecule has 0 bridgehead atoms. The highest BCUT2D eigenvalue weighted by molar-refractivity contribution is 8.04. The molecule has 1 aliphatic rings. The Labute approximate surface area is 173 Å². The lowest BCUT2D eigenvalue weighted by Crippen LogP contribution is -2.18. The van der Waals surface area contributed by atoms with Gasteiger partial charge in [-0.2, -0.15) is 12.8 Å². The van der Waals surface area contributed by atoms with E-state index in [1.54, 1.807) is 43.3 Å². The summed E-state index contributed by atoms with van der Waals surface area (Å²) < 4.78 is 34.4. The SMILES string of the molecule is CCOC(=O)CSC1=CC(=NS(=O)(=O)c2ccc(C)cc2)c2ccccc2C1=O. The number of thioether (sulfide) groups is 1. The summed E-state index contributed by atoms with van der Waals surface area (Å²) >= 11 is 1.01. The van der Waals surface area contributed by atoms with Crippen LogP contribution in [0.25, 0.3) is 0 Å². The van der Waals surface area contributed by atoms with Gasteiger partial charge in [0, 0.05) is 11.1 Å². The molecule has 0 heterocycles. The highest BCUT2D eigenvalue weighted by atomic mass is 32.2. The number of hydrogen-bond acceptors (Lipinski definition) is 6. The van der Waals surface area contributed by atoms with E-state index >= 15 is 0 Å². The van der Waals surface area contributed by atoms with Crippen LogP contribution in [0.5, 0.6) is 0 Å². The first kappa shape index (κ1) is 21.0. The predicted octanol–water partition coefficient (Wildman–Crippen LogP) is 3.55. The van der Waals surface area contributed by atoms with E-state index in [2.05, 4.69) is 4.40 Å². The van der Waals surface area contributed by atoms with Crippen molar-refractivity contribution in [1.29, 1.82) is 0 Å². The molecule has 8 heteroatoms. The molecule has 3 rings (SSSR count). The summed E-state index contributed by atoms with van der Waals surface area (Å²) in [6, 6.07) is 13.1. The predicted molar refractivity (Wildman–Crippen MR) is 113 cm³/mol. The number of carbonyl (C=O) groups is 2. The Morgan fingerprint density at radius 3 is 2.38 bits per heavy atom. The second kappa shape index (κ2) is 8.75. The summed E-state index contributed by atoms with van der Waals surface area (Å²) in [5.41, 5.74) is 1.88. The fraction of sp³-hybridized carbons (Fsp3) is 0.190. The van der Waals surface area contributed by atoms with Crippen LogP contribution in [0.2, 0.25) is 0 Å². The average molecular weight is 430 g/mol. The molecular weight excluding hydrogens is 410 g/mol. The summed E-state index contributed by atoms with van der Waals surface area (Å²) in [6.45, 7) is 3.81. The van der Waals surface area contributed by atoms with Crippen LogP contribution in [-0.4, -0.2) is 38.2 Å². The molecule has 6 nitrogen and oxygen atoms in total. The van der Waals surface area contributed by atoms with Crippen LogP contribution in [0.15, 0.2) is 68.8 Å². The molecule has 0 saturated carbocycles. The van der Waals surface area contributed by atoms with Crippen molar-refractivity contribution in [2.45, 2.75) is 18.7 Å². The number of fused-ring (bicyclic) bond motifs is 1. The molecule has 0 amide bonds. The Hall–Kier alpha value is -2.71. The van der Waals surface area contributed by atoms with Crippen molar-refractivity contribution in [2.24, 2.45) is 4.40 Å². The molecule has 0 atom stereocenters. The van der Waals surface area contributed by atoms with E-state index in [9.17, 15) is 18.0 Å². The smallest absolute Gasteiger partial charge is 0.316 e. The number of sulfonamides is 1. The molecule has 0 aliphatic heterocycles. The van der Waals surface area contributed by atoms with E-state index < -0.39 is 16.0 Å². The van der Waals surface area contributed by atoms with Gasteiger partial charge in [0.15, 0.2) is 5.78 Å². The van der Waals surface area contributed by atoms with E-state index in [-0.39, 0.29) is 33.7 Å². The maximum absolute atomic E-state index is 12.8. The largest absolute Gasteiger partial charge is 0.465 e. The highest BCUT2D eigenvalue weighted by Gasteiger charge is 2.26. The molecule has 0 fully saturated rings. The minimum Gasteiger partial charge on any atom is -0.465 e. The van der Waals surface area contributed by atoms with Crippen LogP contribution in [0.1, 0.15) is 28.4 Å². The number of Topliss-reactive ketones (excluding diaryl/α,β-unsaturated/α-hetero) is 1. The van der Waals surface area contributed by atoms with Crippen LogP contribution in [0.4, 0.5) is 0 Å². The Balaban J connectivity index is 2.02. The number of esters is 1. The number of benzene rings is 2. The number of aryl methyl sites for hydroxylation is 1. The molecule has 0 saturated heterocycles. The lowest BCUT2D eigenvalue weighted by Gasteiger charge is -2.17. The van der Waals surface area contributed by atoms with Crippen LogP contribution < -0.4 is 0 Å². The Kier molecular flexibility index (Phi) is 6.34. The number of ketones is 1. The minimum atomic E-state index is -3.97. The zero-order chi connectivity index (χ0) is 21.0. The topological polar surface area (TPSA) is 89.9 Å². The molecule has 0 aromatic heterocycles. The van der Waals surface area contributed by atoms with Crippen molar-refractivity contribution in [2.75, 3.05) is 12.4 Å². The van der Waals surface area contributed by atoms with Crippen molar-refractivity contribution in [1.82, 2.24) is 0 Å². The fourth-order valence-electron chi connectivity index (χ4n) is 2.72. The van der Waals surface area contributed by atoms with E-state index in [4.69, 9.17) is 4.74 Å².